The van der Waals surface area contributed by atoms with E-state index in [1.165, 1.54) is 25.3 Å². The van der Waals surface area contributed by atoms with Gasteiger partial charge in [-0.1, -0.05) is 0 Å². The van der Waals surface area contributed by atoms with Gasteiger partial charge < -0.3 is 25.8 Å². The van der Waals surface area contributed by atoms with Gasteiger partial charge in [0.2, 0.25) is 0 Å². The number of hydrogen-bond acceptors (Lipinski definition) is 6. The number of carbonyl (C=O) groups excluding carboxylic acids is 3. The van der Waals surface area contributed by atoms with Gasteiger partial charge in [0, 0.05) is 24.3 Å². The average Bonchev–Trinajstić information content (AvgIpc) is 2.54. The predicted octanol–water partition coefficient (Wildman–Crippen LogP) is 2.09. The van der Waals surface area contributed by atoms with E-state index in [9.17, 15) is 14.4 Å². The number of nitrogens with one attached hydrogen (secondary N) is 2. The molecule has 4 N–H and O–H groups in total. The van der Waals surface area contributed by atoms with Crippen molar-refractivity contribution in [3.05, 3.63) is 29.3 Å². The molecule has 0 aromatic heterocycles. The summed E-state index contributed by atoms with van der Waals surface area (Å²) in [6, 6.07) is 4.37. The molecule has 26 heavy (non-hydrogen) atoms. The van der Waals surface area contributed by atoms with Crippen LogP contribution in [0.2, 0.25) is 0 Å². The fraction of sp³-hybridized carbons (Fsp3) is 0.500. The first-order valence-electron chi connectivity index (χ1n) is 8.36. The van der Waals surface area contributed by atoms with Crippen LogP contribution in [0.4, 0.5) is 10.5 Å². The largest absolute Gasteiger partial charge is 0.465 e. The second kappa shape index (κ2) is 9.65. The number of amides is 2. The lowest BCUT2D eigenvalue weighted by Gasteiger charge is -2.19. The molecule has 0 aliphatic carbocycles. The molecule has 2 amide bonds. The highest BCUT2D eigenvalue weighted by atomic mass is 16.6. The molecule has 0 atom stereocenters. The molecule has 144 valence electrons. The average molecular weight is 365 g/mol. The Bertz CT molecular complexity index is 653. The summed E-state index contributed by atoms with van der Waals surface area (Å²) in [5, 5.41) is 5.40. The van der Waals surface area contributed by atoms with Crippen molar-refractivity contribution in [2.45, 2.75) is 39.2 Å². The highest BCUT2D eigenvalue weighted by Crippen LogP contribution is 2.13. The third-order valence-electron chi connectivity index (χ3n) is 3.20. The summed E-state index contributed by atoms with van der Waals surface area (Å²) in [7, 11) is 1.26. The summed E-state index contributed by atoms with van der Waals surface area (Å²) in [5.74, 6) is -0.887. The van der Waals surface area contributed by atoms with Crippen LogP contribution in [0.1, 0.15) is 54.3 Å². The molecule has 0 saturated heterocycles. The van der Waals surface area contributed by atoms with Gasteiger partial charge in [-0.2, -0.15) is 0 Å². The van der Waals surface area contributed by atoms with Crippen molar-refractivity contribution in [3.8, 4) is 0 Å². The normalized spacial score (nSPS) is 10.8. The van der Waals surface area contributed by atoms with E-state index in [0.29, 0.717) is 31.6 Å². The number of benzene rings is 1. The molecule has 0 saturated carbocycles. The monoisotopic (exact) mass is 365 g/mol. The van der Waals surface area contributed by atoms with Gasteiger partial charge in [0.25, 0.3) is 5.91 Å². The molecular formula is C18H27N3O5. The van der Waals surface area contributed by atoms with E-state index in [1.54, 1.807) is 20.8 Å². The van der Waals surface area contributed by atoms with Crippen LogP contribution < -0.4 is 16.4 Å². The molecule has 0 heterocycles. The molecule has 1 rings (SSSR count). The Balaban J connectivity index is 2.36. The third-order valence-corrected chi connectivity index (χ3v) is 3.20. The maximum Gasteiger partial charge on any atom is 0.407 e. The van der Waals surface area contributed by atoms with E-state index in [0.717, 1.165) is 0 Å². The minimum Gasteiger partial charge on any atom is -0.465 e. The second-order valence-corrected chi connectivity index (χ2v) is 6.73. The van der Waals surface area contributed by atoms with Gasteiger partial charge in [0.15, 0.2) is 0 Å². The van der Waals surface area contributed by atoms with Crippen LogP contribution in [0.5, 0.6) is 0 Å². The maximum atomic E-state index is 12.1. The van der Waals surface area contributed by atoms with Crippen LogP contribution in [0.3, 0.4) is 0 Å². The van der Waals surface area contributed by atoms with Crippen molar-refractivity contribution in [1.29, 1.82) is 0 Å². The molecular weight excluding hydrogens is 338 g/mol. The fourth-order valence-corrected chi connectivity index (χ4v) is 2.08. The van der Waals surface area contributed by atoms with Crippen molar-refractivity contribution < 1.29 is 23.9 Å². The van der Waals surface area contributed by atoms with Crippen molar-refractivity contribution in [2.24, 2.45) is 0 Å². The van der Waals surface area contributed by atoms with Crippen LogP contribution in [0.25, 0.3) is 0 Å². The van der Waals surface area contributed by atoms with E-state index in [1.807, 2.05) is 0 Å². The Hall–Kier alpha value is -2.77. The zero-order valence-electron chi connectivity index (χ0n) is 15.7. The van der Waals surface area contributed by atoms with E-state index >= 15 is 0 Å². The summed E-state index contributed by atoms with van der Waals surface area (Å²) >= 11 is 0. The Morgan fingerprint density at radius 3 is 2.15 bits per heavy atom. The Labute approximate surface area is 153 Å². The number of hydrogen-bond donors (Lipinski definition) is 3. The van der Waals surface area contributed by atoms with Crippen LogP contribution >= 0.6 is 0 Å². The van der Waals surface area contributed by atoms with Crippen molar-refractivity contribution in [2.75, 3.05) is 25.9 Å². The molecule has 1 aromatic rings. The minimum atomic E-state index is -0.556. The first kappa shape index (κ1) is 21.3. The molecule has 0 spiro atoms. The first-order chi connectivity index (χ1) is 12.1. The molecule has 0 aliphatic heterocycles. The molecule has 1 aromatic carbocycles. The number of esters is 1. The van der Waals surface area contributed by atoms with Gasteiger partial charge in [-0.25, -0.2) is 9.59 Å². The number of rotatable bonds is 7. The Morgan fingerprint density at radius 2 is 1.58 bits per heavy atom. The molecule has 0 bridgehead atoms. The lowest BCUT2D eigenvalue weighted by Crippen LogP contribution is -2.33. The standard InChI is InChI=1S/C18H27N3O5/c1-18(2,3)26-17(24)21-8-6-5-7-20-15(22)12-9-13(16(23)25-4)11-14(19)10-12/h9-11H,5-8,19H2,1-4H3,(H,20,22)(H,21,24). The van der Waals surface area contributed by atoms with Crippen LogP contribution in [-0.4, -0.2) is 43.8 Å². The van der Waals surface area contributed by atoms with E-state index < -0.39 is 17.7 Å². The van der Waals surface area contributed by atoms with E-state index in [4.69, 9.17) is 10.5 Å². The van der Waals surface area contributed by atoms with Crippen molar-refractivity contribution in [3.63, 3.8) is 0 Å². The van der Waals surface area contributed by atoms with Gasteiger partial charge in [0.1, 0.15) is 5.60 Å². The Morgan fingerprint density at radius 1 is 1.00 bits per heavy atom. The number of carbonyl (C=O) groups is 3. The molecule has 0 unspecified atom stereocenters. The number of nitrogens with two attached hydrogens (primary N) is 1. The highest BCUT2D eigenvalue weighted by molar-refractivity contribution is 5.99. The molecule has 0 fully saturated rings. The number of alkyl carbamates (subject to hydrolysis) is 1. The molecule has 8 heteroatoms. The minimum absolute atomic E-state index is 0.221. The number of ether oxygens (including phenoxy) is 2. The maximum absolute atomic E-state index is 12.1. The molecule has 0 radical (unpaired) electrons. The highest BCUT2D eigenvalue weighted by Gasteiger charge is 2.15. The van der Waals surface area contributed by atoms with E-state index in [-0.39, 0.29) is 17.0 Å². The summed E-state index contributed by atoms with van der Waals surface area (Å²) in [5.41, 5.74) is 6.00. The lowest BCUT2D eigenvalue weighted by molar-refractivity contribution is 0.0525. The smallest absolute Gasteiger partial charge is 0.407 e. The fourth-order valence-electron chi connectivity index (χ4n) is 2.08. The summed E-state index contributed by atoms with van der Waals surface area (Å²) in [6.07, 6.45) is 0.897. The summed E-state index contributed by atoms with van der Waals surface area (Å²) < 4.78 is 9.75. The lowest BCUT2D eigenvalue weighted by atomic mass is 10.1. The number of nitrogen functional groups attached to an aromatic ring is 1. The first-order valence-corrected chi connectivity index (χ1v) is 8.36. The van der Waals surface area contributed by atoms with Crippen LogP contribution in [0, 0.1) is 0 Å². The molecule has 0 aliphatic rings. The van der Waals surface area contributed by atoms with Crippen molar-refractivity contribution in [1.82, 2.24) is 10.6 Å². The third kappa shape index (κ3) is 7.87. The number of anilines is 1. The Kier molecular flexibility index (Phi) is 7.89. The van der Waals surface area contributed by atoms with Gasteiger partial charge in [-0.3, -0.25) is 4.79 Å². The van der Waals surface area contributed by atoms with Crippen molar-refractivity contribution >= 4 is 23.7 Å². The summed E-state index contributed by atoms with van der Waals surface area (Å²) in [4.78, 5) is 35.2. The predicted molar refractivity (Wildman–Crippen MR) is 98.0 cm³/mol. The topological polar surface area (TPSA) is 120 Å². The van der Waals surface area contributed by atoms with Crippen LogP contribution in [0.15, 0.2) is 18.2 Å². The second-order valence-electron chi connectivity index (χ2n) is 6.73. The molecule has 8 nitrogen and oxygen atoms in total. The number of methoxy groups -OCH3 is 1. The zero-order valence-corrected chi connectivity index (χ0v) is 15.7. The summed E-state index contributed by atoms with van der Waals surface area (Å²) in [6.45, 7) is 6.27. The number of unbranched alkanes of at least 4 members (excludes halogenated alkanes) is 1. The zero-order chi connectivity index (χ0) is 19.7. The van der Waals surface area contributed by atoms with Gasteiger partial charge in [-0.15, -0.1) is 0 Å². The quantitative estimate of drug-likeness (QED) is 0.387. The SMILES string of the molecule is COC(=O)c1cc(N)cc(C(=O)NCCCCNC(=O)OC(C)(C)C)c1. The van der Waals surface area contributed by atoms with Gasteiger partial charge in [0.05, 0.1) is 12.7 Å². The van der Waals surface area contributed by atoms with E-state index in [2.05, 4.69) is 15.4 Å². The van der Waals surface area contributed by atoms with Gasteiger partial charge in [-0.05, 0) is 51.8 Å². The van der Waals surface area contributed by atoms with Crippen LogP contribution in [-0.2, 0) is 9.47 Å². The van der Waals surface area contributed by atoms with Gasteiger partial charge >= 0.3 is 12.1 Å².